The number of benzene rings is 2. The first-order valence-corrected chi connectivity index (χ1v) is 8.46. The smallest absolute Gasteiger partial charge is 0.348 e. The minimum atomic E-state index is -4.42. The second-order valence-electron chi connectivity index (χ2n) is 6.34. The van der Waals surface area contributed by atoms with Gasteiger partial charge < -0.3 is 9.88 Å². The van der Waals surface area contributed by atoms with Crippen molar-refractivity contribution in [3.05, 3.63) is 88.7 Å². The molecule has 3 nitrogen and oxygen atoms in total. The van der Waals surface area contributed by atoms with Crippen LogP contribution in [0.15, 0.2) is 60.7 Å². The number of hydrogen-bond donors (Lipinski definition) is 1. The van der Waals surface area contributed by atoms with Gasteiger partial charge in [0.2, 0.25) is 0 Å². The van der Waals surface area contributed by atoms with Crippen LogP contribution in [0.5, 0.6) is 0 Å². The number of aryl methyl sites for hydroxylation is 2. The van der Waals surface area contributed by atoms with Crippen molar-refractivity contribution in [2.75, 3.05) is 0 Å². The molecule has 0 saturated carbocycles. The maximum absolute atomic E-state index is 12.6. The van der Waals surface area contributed by atoms with E-state index in [1.54, 1.807) is 0 Å². The first-order valence-electron chi connectivity index (χ1n) is 8.46. The van der Waals surface area contributed by atoms with E-state index >= 15 is 0 Å². The van der Waals surface area contributed by atoms with E-state index in [1.165, 1.54) is 12.1 Å². The maximum atomic E-state index is 12.6. The van der Waals surface area contributed by atoms with Crippen molar-refractivity contribution in [2.24, 2.45) is 0 Å². The number of para-hydroxylation sites is 1. The van der Waals surface area contributed by atoms with Gasteiger partial charge in [-0.05, 0) is 61.9 Å². The fourth-order valence-electron chi connectivity index (χ4n) is 3.02. The van der Waals surface area contributed by atoms with Crippen molar-refractivity contribution >= 4 is 5.91 Å². The summed E-state index contributed by atoms with van der Waals surface area (Å²) in [6.45, 7) is 4.28. The maximum Gasteiger partial charge on any atom is 0.416 e. The molecule has 0 spiro atoms. The topological polar surface area (TPSA) is 34.0 Å². The number of carbonyl (C=O) groups is 1. The molecule has 3 aromatic rings. The van der Waals surface area contributed by atoms with E-state index in [4.69, 9.17) is 0 Å². The van der Waals surface area contributed by atoms with Crippen LogP contribution in [-0.2, 0) is 12.7 Å². The Hall–Kier alpha value is -3.02. The van der Waals surface area contributed by atoms with Crippen LogP contribution in [-0.4, -0.2) is 10.5 Å². The second kappa shape index (κ2) is 7.31. The number of nitrogens with one attached hydrogen (secondary N) is 1. The van der Waals surface area contributed by atoms with Gasteiger partial charge >= 0.3 is 6.18 Å². The molecule has 0 saturated heterocycles. The molecule has 1 amide bonds. The molecule has 1 aromatic heterocycles. The van der Waals surface area contributed by atoms with E-state index in [0.717, 1.165) is 34.8 Å². The number of aromatic nitrogens is 1. The fourth-order valence-corrected chi connectivity index (χ4v) is 3.02. The zero-order valence-corrected chi connectivity index (χ0v) is 15.0. The van der Waals surface area contributed by atoms with Gasteiger partial charge in [-0.15, -0.1) is 0 Å². The number of rotatable bonds is 4. The van der Waals surface area contributed by atoms with Gasteiger partial charge in [-0.3, -0.25) is 4.79 Å². The highest BCUT2D eigenvalue weighted by atomic mass is 19.4. The summed E-state index contributed by atoms with van der Waals surface area (Å²) < 4.78 is 40.0. The van der Waals surface area contributed by atoms with Gasteiger partial charge in [0, 0.05) is 23.5 Å². The summed E-state index contributed by atoms with van der Waals surface area (Å²) in [6.07, 6.45) is -4.42. The third-order valence-electron chi connectivity index (χ3n) is 4.42. The lowest BCUT2D eigenvalue weighted by Gasteiger charge is -2.15. The number of nitrogens with zero attached hydrogens (tertiary/aromatic N) is 1. The summed E-state index contributed by atoms with van der Waals surface area (Å²) in [5.41, 5.74) is 3.45. The van der Waals surface area contributed by atoms with Crippen molar-refractivity contribution in [1.29, 1.82) is 0 Å². The van der Waals surface area contributed by atoms with Crippen molar-refractivity contribution in [1.82, 2.24) is 9.88 Å². The normalized spacial score (nSPS) is 11.4. The van der Waals surface area contributed by atoms with Crippen molar-refractivity contribution < 1.29 is 18.0 Å². The van der Waals surface area contributed by atoms with Crippen molar-refractivity contribution in [3.63, 3.8) is 0 Å². The Morgan fingerprint density at radius 3 is 2.11 bits per heavy atom. The summed E-state index contributed by atoms with van der Waals surface area (Å²) in [5.74, 6) is -0.417. The Labute approximate surface area is 155 Å². The zero-order chi connectivity index (χ0) is 19.6. The average Bonchev–Trinajstić information content (AvgIpc) is 2.97. The predicted molar refractivity (Wildman–Crippen MR) is 97.9 cm³/mol. The third-order valence-corrected chi connectivity index (χ3v) is 4.42. The summed E-state index contributed by atoms with van der Waals surface area (Å²) >= 11 is 0. The quantitative estimate of drug-likeness (QED) is 0.684. The molecule has 1 N–H and O–H groups in total. The van der Waals surface area contributed by atoms with Crippen LogP contribution in [0, 0.1) is 13.8 Å². The fraction of sp³-hybridized carbons (Fsp3) is 0.190. The van der Waals surface area contributed by atoms with Gasteiger partial charge in [-0.1, -0.05) is 18.2 Å². The van der Waals surface area contributed by atoms with Crippen LogP contribution in [0.25, 0.3) is 5.69 Å². The molecule has 0 bridgehead atoms. The van der Waals surface area contributed by atoms with Gasteiger partial charge in [-0.2, -0.15) is 13.2 Å². The van der Waals surface area contributed by atoms with Crippen molar-refractivity contribution in [2.45, 2.75) is 26.6 Å². The van der Waals surface area contributed by atoms with Gasteiger partial charge in [0.1, 0.15) is 0 Å². The molecule has 0 atom stereocenters. The van der Waals surface area contributed by atoms with Gasteiger partial charge in [0.25, 0.3) is 5.91 Å². The Balaban J connectivity index is 1.77. The summed E-state index contributed by atoms with van der Waals surface area (Å²) in [7, 11) is 0. The minimum Gasteiger partial charge on any atom is -0.348 e. The van der Waals surface area contributed by atoms with Crippen LogP contribution in [0.2, 0.25) is 0 Å². The molecule has 0 aliphatic rings. The predicted octanol–water partition coefficient (Wildman–Crippen LogP) is 5.04. The number of amides is 1. The molecule has 1 heterocycles. The van der Waals surface area contributed by atoms with Gasteiger partial charge in [0.05, 0.1) is 11.3 Å². The lowest BCUT2D eigenvalue weighted by Crippen LogP contribution is -2.23. The number of carbonyl (C=O) groups excluding carboxylic acids is 1. The lowest BCUT2D eigenvalue weighted by atomic mass is 10.1. The zero-order valence-electron chi connectivity index (χ0n) is 15.0. The molecule has 2 aromatic carbocycles. The van der Waals surface area contributed by atoms with E-state index < -0.39 is 17.6 Å². The van der Waals surface area contributed by atoms with Crippen LogP contribution >= 0.6 is 0 Å². The van der Waals surface area contributed by atoms with Crippen LogP contribution < -0.4 is 5.32 Å². The summed E-state index contributed by atoms with van der Waals surface area (Å²) in [6, 6.07) is 15.9. The van der Waals surface area contributed by atoms with E-state index in [0.29, 0.717) is 0 Å². The lowest BCUT2D eigenvalue weighted by molar-refractivity contribution is -0.137. The first-order chi connectivity index (χ1) is 12.8. The molecular formula is C21H19F3N2O. The second-order valence-corrected chi connectivity index (χ2v) is 6.34. The van der Waals surface area contributed by atoms with Gasteiger partial charge in [0.15, 0.2) is 0 Å². The van der Waals surface area contributed by atoms with E-state index in [9.17, 15) is 18.0 Å². The largest absolute Gasteiger partial charge is 0.416 e. The first kappa shape index (κ1) is 18.8. The summed E-state index contributed by atoms with van der Waals surface area (Å²) in [4.78, 5) is 12.3. The Bertz CT molecular complexity index is 937. The molecule has 27 heavy (non-hydrogen) atoms. The Morgan fingerprint density at radius 2 is 1.52 bits per heavy atom. The molecule has 0 fully saturated rings. The Morgan fingerprint density at radius 1 is 0.926 bits per heavy atom. The summed E-state index contributed by atoms with van der Waals surface area (Å²) in [5, 5.41) is 2.78. The molecule has 0 unspecified atom stereocenters. The third kappa shape index (κ3) is 4.05. The van der Waals surface area contributed by atoms with Crippen LogP contribution in [0.3, 0.4) is 0 Å². The van der Waals surface area contributed by atoms with Crippen molar-refractivity contribution in [3.8, 4) is 5.69 Å². The number of hydrogen-bond acceptors (Lipinski definition) is 1. The Kier molecular flexibility index (Phi) is 5.08. The molecule has 140 valence electrons. The highest BCUT2D eigenvalue weighted by Gasteiger charge is 2.30. The van der Waals surface area contributed by atoms with Crippen LogP contribution in [0.4, 0.5) is 13.2 Å². The number of halogens is 3. The molecular weight excluding hydrogens is 353 g/mol. The minimum absolute atomic E-state index is 0.189. The van der Waals surface area contributed by atoms with E-state index in [2.05, 4.69) is 9.88 Å². The average molecular weight is 372 g/mol. The number of alkyl halides is 3. The standard InChI is InChI=1S/C21H19F3N2O/c1-14-7-8-15(2)26(14)19-6-4-3-5-17(19)13-25-20(27)16-9-11-18(12-10-16)21(22,23)24/h3-12H,13H2,1-2H3,(H,25,27). The van der Waals surface area contributed by atoms with Crippen LogP contribution in [0.1, 0.15) is 32.9 Å². The highest BCUT2D eigenvalue weighted by molar-refractivity contribution is 5.94. The van der Waals surface area contributed by atoms with E-state index in [-0.39, 0.29) is 12.1 Å². The monoisotopic (exact) mass is 372 g/mol. The molecule has 3 rings (SSSR count). The molecule has 0 aliphatic heterocycles. The molecule has 6 heteroatoms. The molecule has 0 aliphatic carbocycles. The SMILES string of the molecule is Cc1ccc(C)n1-c1ccccc1CNC(=O)c1ccc(C(F)(F)F)cc1. The van der Waals surface area contributed by atoms with Gasteiger partial charge in [-0.25, -0.2) is 0 Å². The molecule has 0 radical (unpaired) electrons. The van der Waals surface area contributed by atoms with E-state index in [1.807, 2.05) is 50.2 Å². The highest BCUT2D eigenvalue weighted by Crippen LogP contribution is 2.29.